The van der Waals surface area contributed by atoms with Crippen LogP contribution in [0.25, 0.3) is 27.8 Å². The molecule has 0 bridgehead atoms. The Labute approximate surface area is 201 Å². The number of anilines is 1. The molecule has 4 aromatic heterocycles. The van der Waals surface area contributed by atoms with Crippen LogP contribution in [0.4, 0.5) is 5.69 Å². The van der Waals surface area contributed by atoms with E-state index in [0.717, 1.165) is 46.6 Å². The van der Waals surface area contributed by atoms with E-state index in [0.29, 0.717) is 30.5 Å². The lowest BCUT2D eigenvalue weighted by Gasteiger charge is -2.28. The highest BCUT2D eigenvalue weighted by Gasteiger charge is 2.22. The Hall–Kier alpha value is -4.55. The first-order valence-corrected chi connectivity index (χ1v) is 11.3. The van der Waals surface area contributed by atoms with Crippen molar-refractivity contribution < 1.29 is 9.47 Å². The second-order valence-electron chi connectivity index (χ2n) is 8.13. The van der Waals surface area contributed by atoms with Gasteiger partial charge in [0.1, 0.15) is 29.8 Å². The minimum absolute atomic E-state index is 0.201. The Kier molecular flexibility index (Phi) is 5.41. The van der Waals surface area contributed by atoms with Crippen molar-refractivity contribution in [3.8, 4) is 23.2 Å². The van der Waals surface area contributed by atoms with E-state index in [-0.39, 0.29) is 6.61 Å². The lowest BCUT2D eigenvalue weighted by Crippen LogP contribution is -2.36. The summed E-state index contributed by atoms with van der Waals surface area (Å²) in [5.74, 6) is 0.519. The zero-order valence-electron chi connectivity index (χ0n) is 18.8. The van der Waals surface area contributed by atoms with E-state index in [1.807, 2.05) is 53.0 Å². The van der Waals surface area contributed by atoms with Crippen LogP contribution in [0.3, 0.4) is 0 Å². The normalized spacial score (nSPS) is 13.7. The maximum atomic E-state index is 9.17. The molecule has 1 aliphatic heterocycles. The van der Waals surface area contributed by atoms with E-state index in [4.69, 9.17) is 19.7 Å². The largest absolute Gasteiger partial charge is 0.471 e. The highest BCUT2D eigenvalue weighted by molar-refractivity contribution is 5.79. The number of pyridine rings is 2. The first-order valence-electron chi connectivity index (χ1n) is 11.3. The fraction of sp³-hybridized carbons (Fsp3) is 0.192. The van der Waals surface area contributed by atoms with E-state index >= 15 is 0 Å². The lowest BCUT2D eigenvalue weighted by molar-refractivity contribution is 0.123. The van der Waals surface area contributed by atoms with Crippen molar-refractivity contribution >= 4 is 22.2 Å². The highest BCUT2D eigenvalue weighted by atomic mass is 16.5. The average Bonchev–Trinajstić information content (AvgIpc) is 3.31. The monoisotopic (exact) mass is 463 g/mol. The highest BCUT2D eigenvalue weighted by Crippen LogP contribution is 2.30. The second-order valence-corrected chi connectivity index (χ2v) is 8.13. The number of hydrogen-bond acceptors (Lipinski definition) is 8. The summed E-state index contributed by atoms with van der Waals surface area (Å²) in [6.45, 7) is 3.11. The number of nitrogens with zero attached hydrogens (tertiary/aromatic N) is 7. The van der Waals surface area contributed by atoms with Crippen molar-refractivity contribution in [2.45, 2.75) is 6.61 Å². The van der Waals surface area contributed by atoms with Gasteiger partial charge in [0.15, 0.2) is 5.65 Å². The number of imidazole rings is 1. The number of para-hydroxylation sites is 1. The van der Waals surface area contributed by atoms with Gasteiger partial charge in [-0.2, -0.15) is 10.4 Å². The van der Waals surface area contributed by atoms with Crippen molar-refractivity contribution in [1.82, 2.24) is 24.6 Å². The van der Waals surface area contributed by atoms with Gasteiger partial charge in [-0.05, 0) is 30.3 Å². The Bertz CT molecular complexity index is 1550. The standard InChI is InChI=1S/C26H21N7O2/c27-15-20-7-5-19(16-28-20)25-22(17-35-24-8-6-18-3-1-2-4-21(18)30-24)31-26-23(9-10-29-33(25)26)32-11-13-34-14-12-32/h1-10,16H,11-14,17H2. The summed E-state index contributed by atoms with van der Waals surface area (Å²) in [5.41, 5.74) is 5.22. The molecular formula is C26H21N7O2. The van der Waals surface area contributed by atoms with Crippen molar-refractivity contribution in [2.24, 2.45) is 0 Å². The Morgan fingerprint density at radius 3 is 2.71 bits per heavy atom. The summed E-state index contributed by atoms with van der Waals surface area (Å²) in [6, 6.07) is 19.4. The predicted octanol–water partition coefficient (Wildman–Crippen LogP) is 3.63. The molecule has 9 nitrogen and oxygen atoms in total. The minimum atomic E-state index is 0.201. The summed E-state index contributed by atoms with van der Waals surface area (Å²) in [4.78, 5) is 16.1. The van der Waals surface area contributed by atoms with Gasteiger partial charge < -0.3 is 14.4 Å². The topological polar surface area (TPSA) is 101 Å². The van der Waals surface area contributed by atoms with Gasteiger partial charge >= 0.3 is 0 Å². The molecule has 0 saturated carbocycles. The molecule has 0 unspecified atom stereocenters. The number of morpholine rings is 1. The van der Waals surface area contributed by atoms with Crippen LogP contribution in [0, 0.1) is 11.3 Å². The summed E-state index contributed by atoms with van der Waals surface area (Å²) in [5, 5.41) is 14.8. The van der Waals surface area contributed by atoms with Crippen LogP contribution in [-0.4, -0.2) is 50.9 Å². The number of nitriles is 1. The smallest absolute Gasteiger partial charge is 0.214 e. The van der Waals surface area contributed by atoms with Crippen LogP contribution < -0.4 is 9.64 Å². The van der Waals surface area contributed by atoms with Crippen LogP contribution >= 0.6 is 0 Å². The predicted molar refractivity (Wildman–Crippen MR) is 130 cm³/mol. The quantitative estimate of drug-likeness (QED) is 0.389. The molecule has 1 aromatic carbocycles. The van der Waals surface area contributed by atoms with E-state index < -0.39 is 0 Å². The first kappa shape index (κ1) is 21.0. The lowest BCUT2D eigenvalue weighted by atomic mass is 10.1. The van der Waals surface area contributed by atoms with Crippen LogP contribution in [0.2, 0.25) is 0 Å². The fourth-order valence-corrected chi connectivity index (χ4v) is 4.29. The third-order valence-corrected chi connectivity index (χ3v) is 6.00. The molecule has 172 valence electrons. The molecule has 0 spiro atoms. The number of benzene rings is 1. The third-order valence-electron chi connectivity index (χ3n) is 6.00. The third kappa shape index (κ3) is 4.00. The fourth-order valence-electron chi connectivity index (χ4n) is 4.29. The Morgan fingerprint density at radius 1 is 1.00 bits per heavy atom. The molecule has 6 rings (SSSR count). The van der Waals surface area contributed by atoms with Gasteiger partial charge in [-0.3, -0.25) is 0 Å². The van der Waals surface area contributed by atoms with Crippen molar-refractivity contribution in [3.63, 3.8) is 0 Å². The van der Waals surface area contributed by atoms with Gasteiger partial charge in [0.25, 0.3) is 0 Å². The molecule has 0 amide bonds. The van der Waals surface area contributed by atoms with Gasteiger partial charge in [0.2, 0.25) is 5.88 Å². The van der Waals surface area contributed by atoms with E-state index in [2.05, 4.69) is 26.0 Å². The maximum Gasteiger partial charge on any atom is 0.214 e. The summed E-state index contributed by atoms with van der Waals surface area (Å²) in [7, 11) is 0. The molecule has 1 saturated heterocycles. The molecule has 0 radical (unpaired) electrons. The van der Waals surface area contributed by atoms with Gasteiger partial charge in [-0.25, -0.2) is 19.5 Å². The van der Waals surface area contributed by atoms with Crippen molar-refractivity contribution in [1.29, 1.82) is 5.26 Å². The molecule has 1 aliphatic rings. The van der Waals surface area contributed by atoms with Crippen LogP contribution in [0.1, 0.15) is 11.4 Å². The van der Waals surface area contributed by atoms with E-state index in [1.165, 1.54) is 0 Å². The van der Waals surface area contributed by atoms with Gasteiger partial charge in [-0.1, -0.05) is 18.2 Å². The second kappa shape index (κ2) is 9.00. The number of aromatic nitrogens is 5. The average molecular weight is 464 g/mol. The van der Waals surface area contributed by atoms with E-state index in [1.54, 1.807) is 18.5 Å². The summed E-state index contributed by atoms with van der Waals surface area (Å²) < 4.78 is 13.4. The number of hydrogen-bond donors (Lipinski definition) is 0. The molecule has 5 heterocycles. The van der Waals surface area contributed by atoms with Crippen LogP contribution in [-0.2, 0) is 11.3 Å². The maximum absolute atomic E-state index is 9.17. The van der Waals surface area contributed by atoms with Gasteiger partial charge in [0, 0.05) is 36.3 Å². The summed E-state index contributed by atoms with van der Waals surface area (Å²) in [6.07, 6.45) is 3.44. The van der Waals surface area contributed by atoms with Crippen LogP contribution in [0.15, 0.2) is 67.0 Å². The van der Waals surface area contributed by atoms with Gasteiger partial charge in [0.05, 0.1) is 30.6 Å². The molecule has 35 heavy (non-hydrogen) atoms. The molecule has 9 heteroatoms. The molecule has 0 N–H and O–H groups in total. The molecule has 5 aromatic rings. The molecule has 1 fully saturated rings. The first-order chi connectivity index (χ1) is 17.3. The number of ether oxygens (including phenoxy) is 2. The molecular weight excluding hydrogens is 442 g/mol. The van der Waals surface area contributed by atoms with Gasteiger partial charge in [-0.15, -0.1) is 0 Å². The van der Waals surface area contributed by atoms with Crippen molar-refractivity contribution in [2.75, 3.05) is 31.2 Å². The Balaban J connectivity index is 1.42. The summed E-state index contributed by atoms with van der Waals surface area (Å²) >= 11 is 0. The molecule has 0 aliphatic carbocycles. The zero-order chi connectivity index (χ0) is 23.6. The SMILES string of the molecule is N#Cc1ccc(-c2c(COc3ccc4ccccc4n3)nc3c(N4CCOCC4)ccnn23)cn1. The van der Waals surface area contributed by atoms with Crippen LogP contribution in [0.5, 0.6) is 5.88 Å². The van der Waals surface area contributed by atoms with Crippen molar-refractivity contribution in [3.05, 3.63) is 78.4 Å². The van der Waals surface area contributed by atoms with E-state index in [9.17, 15) is 0 Å². The minimum Gasteiger partial charge on any atom is -0.471 e. The number of rotatable bonds is 5. The zero-order valence-corrected chi connectivity index (χ0v) is 18.8. The molecule has 0 atom stereocenters. The number of fused-ring (bicyclic) bond motifs is 2. The Morgan fingerprint density at radius 2 is 1.89 bits per heavy atom.